The van der Waals surface area contributed by atoms with Crippen LogP contribution in [-0.2, 0) is 13.0 Å². The Labute approximate surface area is 122 Å². The molecule has 102 valence electrons. The van der Waals surface area contributed by atoms with Crippen LogP contribution in [0.25, 0.3) is 0 Å². The number of aryl methyl sites for hydroxylation is 1. The van der Waals surface area contributed by atoms with E-state index in [0.717, 1.165) is 23.4 Å². The maximum atomic E-state index is 12.1. The summed E-state index contributed by atoms with van der Waals surface area (Å²) in [5, 5.41) is 2.92. The number of aromatic nitrogens is 1. The monoisotopic (exact) mass is 285 g/mol. The average molecular weight is 285 g/mol. The van der Waals surface area contributed by atoms with Gasteiger partial charge in [0, 0.05) is 35.9 Å². The van der Waals surface area contributed by atoms with Gasteiger partial charge in [0.1, 0.15) is 0 Å². The van der Waals surface area contributed by atoms with E-state index in [1.165, 1.54) is 5.56 Å². The fourth-order valence-electron chi connectivity index (χ4n) is 2.12. The van der Waals surface area contributed by atoms with Gasteiger partial charge in [-0.2, -0.15) is 0 Å². The highest BCUT2D eigenvalue weighted by atomic mass is 32.2. The summed E-state index contributed by atoms with van der Waals surface area (Å²) < 4.78 is 3.26. The first-order valence-corrected chi connectivity index (χ1v) is 7.49. The Morgan fingerprint density at radius 1 is 1.40 bits per heavy atom. The van der Waals surface area contributed by atoms with E-state index in [2.05, 4.69) is 15.0 Å². The largest absolute Gasteiger partial charge is 0.348 e. The molecule has 1 aromatic heterocycles. The van der Waals surface area contributed by atoms with Gasteiger partial charge in [-0.3, -0.25) is 9.78 Å². The lowest BCUT2D eigenvalue weighted by molar-refractivity contribution is 0.0951. The van der Waals surface area contributed by atoms with E-state index in [1.807, 2.05) is 30.3 Å². The van der Waals surface area contributed by atoms with Crippen LogP contribution in [0.15, 0.2) is 42.7 Å². The number of hydrogen-bond acceptors (Lipinski definition) is 4. The summed E-state index contributed by atoms with van der Waals surface area (Å²) >= 11 is 1.70. The van der Waals surface area contributed by atoms with Crippen LogP contribution < -0.4 is 10.0 Å². The summed E-state index contributed by atoms with van der Waals surface area (Å²) in [5.74, 6) is 0.989. The zero-order valence-electron chi connectivity index (χ0n) is 10.9. The Hall–Kier alpha value is -2.01. The van der Waals surface area contributed by atoms with Gasteiger partial charge in [0.15, 0.2) is 0 Å². The molecule has 2 heterocycles. The quantitative estimate of drug-likeness (QED) is 0.851. The molecular formula is C15H15N3OS. The molecule has 20 heavy (non-hydrogen) atoms. The van der Waals surface area contributed by atoms with Gasteiger partial charge in [-0.25, -0.2) is 0 Å². The highest BCUT2D eigenvalue weighted by Crippen LogP contribution is 2.26. The standard InChI is InChI=1S/C15H15N3OS/c19-15(17-10-11-2-1-6-16-9-11)13-3-4-14-12(8-13)5-7-20-18-14/h1-4,6,8-9,18H,5,7,10H2,(H,17,19). The van der Waals surface area contributed by atoms with Crippen molar-refractivity contribution in [2.45, 2.75) is 13.0 Å². The number of pyridine rings is 1. The number of amides is 1. The number of nitrogens with one attached hydrogen (secondary N) is 2. The Kier molecular flexibility index (Phi) is 3.87. The highest BCUT2D eigenvalue weighted by molar-refractivity contribution is 8.00. The molecule has 0 saturated carbocycles. The number of fused-ring (bicyclic) bond motifs is 1. The number of carbonyl (C=O) groups excluding carboxylic acids is 1. The third-order valence-electron chi connectivity index (χ3n) is 3.20. The minimum Gasteiger partial charge on any atom is -0.348 e. The van der Waals surface area contributed by atoms with E-state index in [9.17, 15) is 4.79 Å². The van der Waals surface area contributed by atoms with E-state index >= 15 is 0 Å². The van der Waals surface area contributed by atoms with E-state index in [1.54, 1.807) is 24.3 Å². The van der Waals surface area contributed by atoms with Crippen molar-refractivity contribution in [2.75, 3.05) is 10.5 Å². The molecule has 2 aromatic rings. The molecule has 4 nitrogen and oxygen atoms in total. The molecule has 3 rings (SSSR count). The molecule has 0 fully saturated rings. The lowest BCUT2D eigenvalue weighted by atomic mass is 10.1. The summed E-state index contributed by atoms with van der Waals surface area (Å²) in [6.45, 7) is 0.498. The van der Waals surface area contributed by atoms with Crippen molar-refractivity contribution in [1.82, 2.24) is 10.3 Å². The maximum Gasteiger partial charge on any atom is 0.251 e. The molecule has 1 amide bonds. The molecule has 0 radical (unpaired) electrons. The SMILES string of the molecule is O=C(NCc1cccnc1)c1ccc2c(c1)CCSN2. The van der Waals surface area contributed by atoms with Crippen molar-refractivity contribution < 1.29 is 4.79 Å². The highest BCUT2D eigenvalue weighted by Gasteiger charge is 2.12. The van der Waals surface area contributed by atoms with Crippen molar-refractivity contribution in [3.63, 3.8) is 0 Å². The van der Waals surface area contributed by atoms with Crippen molar-refractivity contribution in [3.05, 3.63) is 59.4 Å². The Bertz CT molecular complexity index is 616. The number of benzene rings is 1. The first-order valence-electron chi connectivity index (χ1n) is 6.51. The van der Waals surface area contributed by atoms with E-state index in [-0.39, 0.29) is 5.91 Å². The third kappa shape index (κ3) is 2.93. The van der Waals surface area contributed by atoms with Crippen LogP contribution in [0.2, 0.25) is 0 Å². The second kappa shape index (κ2) is 5.96. The predicted octanol–water partition coefficient (Wildman–Crippen LogP) is 2.63. The van der Waals surface area contributed by atoms with Gasteiger partial charge in [0.2, 0.25) is 0 Å². The summed E-state index contributed by atoms with van der Waals surface area (Å²) in [4.78, 5) is 16.2. The van der Waals surface area contributed by atoms with Crippen LogP contribution in [0.4, 0.5) is 5.69 Å². The Balaban J connectivity index is 1.68. The summed E-state index contributed by atoms with van der Waals surface area (Å²) in [7, 11) is 0. The normalized spacial score (nSPS) is 13.2. The second-order valence-electron chi connectivity index (χ2n) is 4.62. The molecular weight excluding hydrogens is 270 g/mol. The van der Waals surface area contributed by atoms with Crippen molar-refractivity contribution in [2.24, 2.45) is 0 Å². The van der Waals surface area contributed by atoms with E-state index < -0.39 is 0 Å². The lowest BCUT2D eigenvalue weighted by Gasteiger charge is -2.17. The molecule has 0 bridgehead atoms. The molecule has 2 N–H and O–H groups in total. The zero-order chi connectivity index (χ0) is 13.8. The summed E-state index contributed by atoms with van der Waals surface area (Å²) in [6, 6.07) is 9.61. The van der Waals surface area contributed by atoms with Crippen LogP contribution in [0, 0.1) is 0 Å². The van der Waals surface area contributed by atoms with Crippen molar-refractivity contribution >= 4 is 23.5 Å². The van der Waals surface area contributed by atoms with Crippen LogP contribution in [0.1, 0.15) is 21.5 Å². The summed E-state index contributed by atoms with van der Waals surface area (Å²) in [5.41, 5.74) is 4.03. The number of carbonyl (C=O) groups is 1. The molecule has 0 spiro atoms. The van der Waals surface area contributed by atoms with Gasteiger partial charge in [-0.15, -0.1) is 0 Å². The van der Waals surface area contributed by atoms with E-state index in [0.29, 0.717) is 12.1 Å². The third-order valence-corrected chi connectivity index (χ3v) is 3.97. The smallest absolute Gasteiger partial charge is 0.251 e. The van der Waals surface area contributed by atoms with Crippen LogP contribution in [0.3, 0.4) is 0 Å². The number of nitrogens with zero attached hydrogens (tertiary/aromatic N) is 1. The molecule has 0 aliphatic carbocycles. The number of hydrogen-bond donors (Lipinski definition) is 2. The van der Waals surface area contributed by atoms with Crippen LogP contribution >= 0.6 is 11.9 Å². The minimum atomic E-state index is -0.0464. The van der Waals surface area contributed by atoms with Gasteiger partial charge in [-0.1, -0.05) is 18.0 Å². The Morgan fingerprint density at radius 3 is 3.20 bits per heavy atom. The van der Waals surface area contributed by atoms with Crippen LogP contribution in [0.5, 0.6) is 0 Å². The molecule has 5 heteroatoms. The zero-order valence-corrected chi connectivity index (χ0v) is 11.7. The van der Waals surface area contributed by atoms with Gasteiger partial charge in [0.05, 0.1) is 0 Å². The van der Waals surface area contributed by atoms with Crippen molar-refractivity contribution in [1.29, 1.82) is 0 Å². The number of anilines is 1. The van der Waals surface area contributed by atoms with Gasteiger partial charge < -0.3 is 10.0 Å². The molecule has 0 saturated heterocycles. The van der Waals surface area contributed by atoms with Crippen molar-refractivity contribution in [3.8, 4) is 0 Å². The molecule has 0 atom stereocenters. The maximum absolute atomic E-state index is 12.1. The van der Waals surface area contributed by atoms with Gasteiger partial charge >= 0.3 is 0 Å². The average Bonchev–Trinajstić information content (AvgIpc) is 2.53. The van der Waals surface area contributed by atoms with Crippen LogP contribution in [-0.4, -0.2) is 16.6 Å². The lowest BCUT2D eigenvalue weighted by Crippen LogP contribution is -2.23. The van der Waals surface area contributed by atoms with E-state index in [4.69, 9.17) is 0 Å². The first kappa shape index (κ1) is 13.0. The predicted molar refractivity (Wildman–Crippen MR) is 81.6 cm³/mol. The minimum absolute atomic E-state index is 0.0464. The summed E-state index contributed by atoms with van der Waals surface area (Å²) in [6.07, 6.45) is 4.48. The number of rotatable bonds is 3. The fourth-order valence-corrected chi connectivity index (χ4v) is 2.90. The Morgan fingerprint density at radius 2 is 2.35 bits per heavy atom. The second-order valence-corrected chi connectivity index (χ2v) is 5.52. The van der Waals surface area contributed by atoms with Gasteiger partial charge in [-0.05, 0) is 41.8 Å². The topological polar surface area (TPSA) is 54.0 Å². The molecule has 0 unspecified atom stereocenters. The fraction of sp³-hybridized carbons (Fsp3) is 0.200. The molecule has 1 aromatic carbocycles. The molecule has 1 aliphatic rings. The molecule has 1 aliphatic heterocycles. The first-order chi connectivity index (χ1) is 9.83. The van der Waals surface area contributed by atoms with Gasteiger partial charge in [0.25, 0.3) is 5.91 Å².